The number of carboxylic acid groups (broad SMARTS) is 1. The van der Waals surface area contributed by atoms with Gasteiger partial charge in [-0.1, -0.05) is 12.1 Å². The number of aliphatic carboxylic acids is 1. The fraction of sp³-hybridized carbons (Fsp3) is 0.400. The van der Waals surface area contributed by atoms with E-state index in [1.54, 1.807) is 11.2 Å². The summed E-state index contributed by atoms with van der Waals surface area (Å²) in [5.41, 5.74) is 1.92. The quantitative estimate of drug-likeness (QED) is 0.921. The molecule has 6 nitrogen and oxygen atoms in total. The van der Waals surface area contributed by atoms with Gasteiger partial charge in [0.25, 0.3) is 0 Å². The number of benzene rings is 1. The molecule has 0 radical (unpaired) electrons. The molecular weight excluding hydrogens is 270 g/mol. The minimum Gasteiger partial charge on any atom is -0.481 e. The van der Waals surface area contributed by atoms with Gasteiger partial charge in [-0.3, -0.25) is 9.59 Å². The van der Waals surface area contributed by atoms with E-state index in [2.05, 4.69) is 4.98 Å². The zero-order chi connectivity index (χ0) is 14.8. The lowest BCUT2D eigenvalue weighted by Crippen LogP contribution is -2.30. The Labute approximate surface area is 122 Å². The van der Waals surface area contributed by atoms with Crippen LogP contribution in [0.3, 0.4) is 0 Å². The van der Waals surface area contributed by atoms with E-state index in [1.807, 2.05) is 28.8 Å². The summed E-state index contributed by atoms with van der Waals surface area (Å²) in [6.45, 7) is 1.44. The number of amides is 1. The molecule has 110 valence electrons. The second-order valence-electron chi connectivity index (χ2n) is 5.34. The molecule has 3 rings (SSSR count). The molecule has 1 saturated heterocycles. The van der Waals surface area contributed by atoms with Crippen LogP contribution in [0.15, 0.2) is 30.6 Å². The number of rotatable bonds is 4. The molecule has 1 aliphatic rings. The first-order valence-corrected chi connectivity index (χ1v) is 7.05. The second kappa shape index (κ2) is 5.55. The molecule has 1 aromatic carbocycles. The standard InChI is InChI=1S/C15H17N3O3/c19-14(17-7-5-11(9-17)15(20)21)6-8-18-10-16-12-3-1-2-4-13(12)18/h1-4,10-11H,5-9H2,(H,20,21). The van der Waals surface area contributed by atoms with E-state index in [-0.39, 0.29) is 5.91 Å². The number of hydrogen-bond donors (Lipinski definition) is 1. The fourth-order valence-electron chi connectivity index (χ4n) is 2.75. The average molecular weight is 287 g/mol. The van der Waals surface area contributed by atoms with Gasteiger partial charge in [-0.15, -0.1) is 0 Å². The molecule has 1 aromatic heterocycles. The van der Waals surface area contributed by atoms with E-state index < -0.39 is 11.9 Å². The summed E-state index contributed by atoms with van der Waals surface area (Å²) >= 11 is 0. The molecular formula is C15H17N3O3. The average Bonchev–Trinajstić information content (AvgIpc) is 3.12. The third-order valence-electron chi connectivity index (χ3n) is 3.98. The first kappa shape index (κ1) is 13.6. The van der Waals surface area contributed by atoms with Crippen LogP contribution < -0.4 is 0 Å². The smallest absolute Gasteiger partial charge is 0.308 e. The van der Waals surface area contributed by atoms with Crippen LogP contribution in [0.1, 0.15) is 12.8 Å². The number of para-hydroxylation sites is 2. The van der Waals surface area contributed by atoms with Crippen LogP contribution in [0.25, 0.3) is 11.0 Å². The lowest BCUT2D eigenvalue weighted by molar-refractivity contribution is -0.141. The maximum atomic E-state index is 12.1. The minimum absolute atomic E-state index is 0.0107. The van der Waals surface area contributed by atoms with Crippen molar-refractivity contribution in [2.75, 3.05) is 13.1 Å². The van der Waals surface area contributed by atoms with Crippen molar-refractivity contribution in [2.24, 2.45) is 5.92 Å². The Balaban J connectivity index is 1.60. The summed E-state index contributed by atoms with van der Waals surface area (Å²) in [6, 6.07) is 7.79. The first-order valence-electron chi connectivity index (χ1n) is 7.05. The number of aromatic nitrogens is 2. The predicted octanol–water partition coefficient (Wildman–Crippen LogP) is 1.36. The Morgan fingerprint density at radius 2 is 2.14 bits per heavy atom. The Bertz CT molecular complexity index is 680. The van der Waals surface area contributed by atoms with E-state index in [0.29, 0.717) is 32.5 Å². The molecule has 1 atom stereocenters. The highest BCUT2D eigenvalue weighted by atomic mass is 16.4. The molecule has 1 unspecified atom stereocenters. The summed E-state index contributed by atoms with van der Waals surface area (Å²) < 4.78 is 1.96. The van der Waals surface area contributed by atoms with Crippen LogP contribution >= 0.6 is 0 Å². The van der Waals surface area contributed by atoms with Gasteiger partial charge >= 0.3 is 5.97 Å². The van der Waals surface area contributed by atoms with Gasteiger partial charge in [-0.05, 0) is 18.6 Å². The maximum Gasteiger partial charge on any atom is 0.308 e. The summed E-state index contributed by atoms with van der Waals surface area (Å²) in [5.74, 6) is -1.22. The van der Waals surface area contributed by atoms with Gasteiger partial charge in [0.1, 0.15) is 0 Å². The second-order valence-corrected chi connectivity index (χ2v) is 5.34. The SMILES string of the molecule is O=C(O)C1CCN(C(=O)CCn2cnc3ccccc32)C1. The van der Waals surface area contributed by atoms with Crippen molar-refractivity contribution < 1.29 is 14.7 Å². The summed E-state index contributed by atoms with van der Waals surface area (Å²) in [4.78, 5) is 29.0. The molecule has 0 spiro atoms. The van der Waals surface area contributed by atoms with Crippen molar-refractivity contribution in [3.63, 3.8) is 0 Å². The molecule has 0 saturated carbocycles. The topological polar surface area (TPSA) is 75.4 Å². The van der Waals surface area contributed by atoms with Gasteiger partial charge in [0.15, 0.2) is 0 Å². The molecule has 6 heteroatoms. The van der Waals surface area contributed by atoms with Crippen molar-refractivity contribution in [1.82, 2.24) is 14.5 Å². The lowest BCUT2D eigenvalue weighted by Gasteiger charge is -2.16. The monoisotopic (exact) mass is 287 g/mol. The van der Waals surface area contributed by atoms with Crippen LogP contribution in [0.5, 0.6) is 0 Å². The van der Waals surface area contributed by atoms with Crippen molar-refractivity contribution in [3.8, 4) is 0 Å². The van der Waals surface area contributed by atoms with Crippen LogP contribution in [0, 0.1) is 5.92 Å². The number of aryl methyl sites for hydroxylation is 1. The van der Waals surface area contributed by atoms with Gasteiger partial charge in [0, 0.05) is 26.1 Å². The van der Waals surface area contributed by atoms with Crippen molar-refractivity contribution in [3.05, 3.63) is 30.6 Å². The molecule has 0 aliphatic carbocycles. The van der Waals surface area contributed by atoms with Gasteiger partial charge in [-0.25, -0.2) is 4.98 Å². The van der Waals surface area contributed by atoms with E-state index in [1.165, 1.54) is 0 Å². The number of fused-ring (bicyclic) bond motifs is 1. The van der Waals surface area contributed by atoms with Gasteiger partial charge in [-0.2, -0.15) is 0 Å². The van der Waals surface area contributed by atoms with Crippen LogP contribution in [-0.2, 0) is 16.1 Å². The van der Waals surface area contributed by atoms with E-state index >= 15 is 0 Å². The zero-order valence-electron chi connectivity index (χ0n) is 11.6. The highest BCUT2D eigenvalue weighted by Gasteiger charge is 2.30. The third-order valence-corrected chi connectivity index (χ3v) is 3.98. The number of carboxylic acids is 1. The molecule has 21 heavy (non-hydrogen) atoms. The molecule has 0 bridgehead atoms. The first-order chi connectivity index (χ1) is 10.1. The highest BCUT2D eigenvalue weighted by Crippen LogP contribution is 2.18. The number of hydrogen-bond acceptors (Lipinski definition) is 3. The maximum absolute atomic E-state index is 12.1. The van der Waals surface area contributed by atoms with Gasteiger partial charge < -0.3 is 14.6 Å². The van der Waals surface area contributed by atoms with Gasteiger partial charge in [0.2, 0.25) is 5.91 Å². The van der Waals surface area contributed by atoms with E-state index in [0.717, 1.165) is 11.0 Å². The molecule has 2 heterocycles. The lowest BCUT2D eigenvalue weighted by atomic mass is 10.1. The number of carbonyl (C=O) groups is 2. The number of likely N-dealkylation sites (tertiary alicyclic amines) is 1. The van der Waals surface area contributed by atoms with Crippen molar-refractivity contribution in [1.29, 1.82) is 0 Å². The van der Waals surface area contributed by atoms with Gasteiger partial charge in [0.05, 0.1) is 23.3 Å². The largest absolute Gasteiger partial charge is 0.481 e. The minimum atomic E-state index is -0.814. The van der Waals surface area contributed by atoms with E-state index in [4.69, 9.17) is 5.11 Å². The number of carbonyl (C=O) groups excluding carboxylic acids is 1. The molecule has 2 aromatic rings. The molecule has 1 amide bonds. The Kier molecular flexibility index (Phi) is 3.60. The highest BCUT2D eigenvalue weighted by molar-refractivity contribution is 5.79. The molecule has 1 fully saturated rings. The molecule has 1 aliphatic heterocycles. The predicted molar refractivity (Wildman–Crippen MR) is 76.7 cm³/mol. The number of nitrogens with zero attached hydrogens (tertiary/aromatic N) is 3. The zero-order valence-corrected chi connectivity index (χ0v) is 11.6. The third kappa shape index (κ3) is 2.74. The summed E-state index contributed by atoms with van der Waals surface area (Å²) in [5, 5.41) is 8.96. The van der Waals surface area contributed by atoms with Crippen molar-refractivity contribution >= 4 is 22.9 Å². The Morgan fingerprint density at radius 3 is 2.90 bits per heavy atom. The Morgan fingerprint density at radius 1 is 1.33 bits per heavy atom. The van der Waals surface area contributed by atoms with E-state index in [9.17, 15) is 9.59 Å². The fourth-order valence-corrected chi connectivity index (χ4v) is 2.75. The van der Waals surface area contributed by atoms with Crippen molar-refractivity contribution in [2.45, 2.75) is 19.4 Å². The van der Waals surface area contributed by atoms with Crippen LogP contribution in [-0.4, -0.2) is 44.5 Å². The molecule has 1 N–H and O–H groups in total. The summed E-state index contributed by atoms with van der Waals surface area (Å²) in [6.07, 6.45) is 2.66. The normalized spacial score (nSPS) is 18.3. The number of imidazole rings is 1. The van der Waals surface area contributed by atoms with Crippen LogP contribution in [0.4, 0.5) is 0 Å². The van der Waals surface area contributed by atoms with Crippen LogP contribution in [0.2, 0.25) is 0 Å². The summed E-state index contributed by atoms with van der Waals surface area (Å²) in [7, 11) is 0. The Hall–Kier alpha value is -2.37.